The van der Waals surface area contributed by atoms with Gasteiger partial charge in [0.2, 0.25) is 0 Å². The van der Waals surface area contributed by atoms with Crippen LogP contribution in [0.15, 0.2) is 180 Å². The Kier molecular flexibility index (Phi) is 4.78. The molecule has 4 heteroatoms. The predicted octanol–water partition coefficient (Wildman–Crippen LogP) is 11.8. The summed E-state index contributed by atoms with van der Waals surface area (Å²) in [4.78, 5) is 14.5. The molecule has 0 bridgehead atoms. The van der Waals surface area contributed by atoms with Crippen molar-refractivity contribution >= 4 is 21.9 Å². The Bertz CT molecular complexity index is 3060. The van der Waals surface area contributed by atoms with Crippen molar-refractivity contribution in [1.29, 1.82) is 0 Å². The number of aromatic nitrogens is 3. The number of nitrogens with zero attached hydrogens (tertiary/aromatic N) is 3. The Balaban J connectivity index is 1.30. The topological polar surface area (TPSA) is 51.8 Å². The van der Waals surface area contributed by atoms with Gasteiger partial charge in [-0.1, -0.05) is 158 Å². The summed E-state index contributed by atoms with van der Waals surface area (Å²) in [5.74, 6) is 0.365. The molecule has 2 aromatic heterocycles. The van der Waals surface area contributed by atoms with E-state index >= 15 is 0 Å². The van der Waals surface area contributed by atoms with Gasteiger partial charge in [0.15, 0.2) is 17.5 Å². The van der Waals surface area contributed by atoms with Gasteiger partial charge in [0, 0.05) is 21.9 Å². The molecule has 7 aromatic carbocycles. The van der Waals surface area contributed by atoms with E-state index < -0.39 is 77.6 Å². The van der Waals surface area contributed by atoms with Crippen LogP contribution in [-0.4, -0.2) is 15.0 Å². The summed E-state index contributed by atoms with van der Waals surface area (Å²) in [6, 6.07) is 28.1. The molecule has 0 aliphatic heterocycles. The van der Waals surface area contributed by atoms with Crippen LogP contribution in [0.1, 0.15) is 15.1 Å². The van der Waals surface area contributed by atoms with Gasteiger partial charge < -0.3 is 4.42 Å². The zero-order chi connectivity index (χ0) is 42.1. The molecule has 0 N–H and O–H groups in total. The van der Waals surface area contributed by atoms with Crippen molar-refractivity contribution in [2.75, 3.05) is 0 Å². The van der Waals surface area contributed by atoms with Gasteiger partial charge in [-0.25, -0.2) is 15.0 Å². The molecule has 4 nitrogen and oxygen atoms in total. The Labute approximate surface area is 299 Å². The van der Waals surface area contributed by atoms with E-state index in [1.807, 2.05) is 109 Å². The zero-order valence-corrected chi connectivity index (χ0v) is 25.6. The fourth-order valence-electron chi connectivity index (χ4n) is 5.71. The van der Waals surface area contributed by atoms with Crippen molar-refractivity contribution in [3.63, 3.8) is 0 Å². The molecule has 49 heavy (non-hydrogen) atoms. The zero-order valence-electron chi connectivity index (χ0n) is 36.6. The predicted molar refractivity (Wildman–Crippen MR) is 200 cm³/mol. The van der Waals surface area contributed by atoms with Gasteiger partial charge in [-0.15, -0.1) is 0 Å². The number of furan rings is 1. The average molecular weight is 639 g/mol. The van der Waals surface area contributed by atoms with Gasteiger partial charge in [0.1, 0.15) is 11.2 Å². The lowest BCUT2D eigenvalue weighted by atomic mass is 10.0. The van der Waals surface area contributed by atoms with Crippen LogP contribution in [0.5, 0.6) is 0 Å². The van der Waals surface area contributed by atoms with Gasteiger partial charge in [0.05, 0.1) is 20.6 Å². The molecule has 0 aliphatic carbocycles. The summed E-state index contributed by atoms with van der Waals surface area (Å²) in [6.45, 7) is 0. The van der Waals surface area contributed by atoms with E-state index in [0.29, 0.717) is 11.1 Å². The second-order valence-electron chi connectivity index (χ2n) is 11.2. The van der Waals surface area contributed by atoms with Gasteiger partial charge >= 0.3 is 0 Å². The van der Waals surface area contributed by atoms with Gasteiger partial charge in [-0.2, -0.15) is 0 Å². The van der Waals surface area contributed by atoms with Crippen molar-refractivity contribution in [3.8, 4) is 67.5 Å². The average Bonchev–Trinajstić information content (AvgIpc) is 3.69. The fourth-order valence-corrected chi connectivity index (χ4v) is 5.71. The highest BCUT2D eigenvalue weighted by Crippen LogP contribution is 2.38. The van der Waals surface area contributed by atoms with Gasteiger partial charge in [0.25, 0.3) is 0 Å². The molecule has 9 aromatic rings. The molecular formula is C45H29N3O. The third-order valence-corrected chi connectivity index (χ3v) is 8.17. The number of fused-ring (bicyclic) bond motifs is 3. The lowest BCUT2D eigenvalue weighted by Gasteiger charge is -2.10. The molecule has 0 saturated carbocycles. The molecule has 0 saturated heterocycles. The highest BCUT2D eigenvalue weighted by Gasteiger charge is 2.18. The minimum absolute atomic E-state index is 0.0909. The molecule has 0 fully saturated rings. The van der Waals surface area contributed by atoms with Crippen LogP contribution in [-0.2, 0) is 0 Å². The number of hydrogen-bond donors (Lipinski definition) is 0. The largest absolute Gasteiger partial charge is 0.455 e. The summed E-state index contributed by atoms with van der Waals surface area (Å²) in [6.07, 6.45) is 0. The number of rotatable bonds is 6. The fraction of sp³-hybridized carbons (Fsp3) is 0. The van der Waals surface area contributed by atoms with E-state index in [2.05, 4.69) is 0 Å². The molecule has 0 aliphatic rings. The third-order valence-electron chi connectivity index (χ3n) is 8.17. The van der Waals surface area contributed by atoms with E-state index in [0.717, 1.165) is 22.3 Å². The minimum atomic E-state index is -0.685. The van der Waals surface area contributed by atoms with Crippen LogP contribution in [0.25, 0.3) is 89.5 Å². The van der Waals surface area contributed by atoms with Crippen LogP contribution < -0.4 is 0 Å². The first-order valence-electron chi connectivity index (χ1n) is 21.0. The molecule has 0 unspecified atom stereocenters. The SMILES string of the molecule is [2H]c1c([2H])c([2H])c(-c2c([2H])c([2H])c3oc4c(-c5nc(-c6ccc(-c7ccccc7)cc6)nc(-c6ccc(-c7ccccc7)cc6)n5)c([2H])c([2H])c([2H])c4c3c2[2H])c([2H])c1[2H]. The molecule has 0 amide bonds. The monoisotopic (exact) mass is 638 g/mol. The Morgan fingerprint density at radius 2 is 0.918 bits per heavy atom. The second-order valence-corrected chi connectivity index (χ2v) is 11.2. The second kappa shape index (κ2) is 12.2. The summed E-state index contributed by atoms with van der Waals surface area (Å²) in [7, 11) is 0. The van der Waals surface area contributed by atoms with E-state index in [1.54, 1.807) is 0 Å². The van der Waals surface area contributed by atoms with E-state index in [9.17, 15) is 1.37 Å². The summed E-state index contributed by atoms with van der Waals surface area (Å²) >= 11 is 0. The highest BCUT2D eigenvalue weighted by molar-refractivity contribution is 6.10. The normalized spacial score (nSPS) is 14.4. The van der Waals surface area contributed by atoms with Crippen LogP contribution in [0.4, 0.5) is 0 Å². The van der Waals surface area contributed by atoms with Crippen LogP contribution >= 0.6 is 0 Å². The molecule has 9 rings (SSSR count). The van der Waals surface area contributed by atoms with Crippen LogP contribution in [0.3, 0.4) is 0 Å². The molecule has 0 radical (unpaired) electrons. The highest BCUT2D eigenvalue weighted by atomic mass is 16.3. The van der Waals surface area contributed by atoms with Crippen molar-refractivity contribution in [1.82, 2.24) is 15.0 Å². The summed E-state index contributed by atoms with van der Waals surface area (Å²) in [5, 5.41) is -0.355. The standard InChI is InChI=1S/C45H29N3O/c1-4-11-30(12-5-1)33-19-23-35(24-20-33)43-46-44(36-25-21-34(22-26-36)31-13-6-2-7-14-31)48-45(47-43)39-18-10-17-38-40-29-37(32-15-8-3-9-16-32)27-28-41(40)49-42(38)39/h1-29H/i3D,8D,9D,10D,15D,16D,17D,18D,27D,28D,29D. The molecule has 0 spiro atoms. The van der Waals surface area contributed by atoms with Crippen LogP contribution in [0.2, 0.25) is 0 Å². The Morgan fingerprint density at radius 3 is 1.51 bits per heavy atom. The molecule has 230 valence electrons. The summed E-state index contributed by atoms with van der Waals surface area (Å²) < 4.78 is 102. The van der Waals surface area contributed by atoms with Gasteiger partial charge in [-0.3, -0.25) is 0 Å². The summed E-state index contributed by atoms with van der Waals surface area (Å²) in [5.41, 5.74) is 3.63. The lowest BCUT2D eigenvalue weighted by Crippen LogP contribution is -2.00. The van der Waals surface area contributed by atoms with Crippen molar-refractivity contribution < 1.29 is 19.5 Å². The molecule has 0 atom stereocenters. The number of para-hydroxylation sites is 1. The van der Waals surface area contributed by atoms with Gasteiger partial charge in [-0.05, 0) is 51.5 Å². The lowest BCUT2D eigenvalue weighted by molar-refractivity contribution is 0.669. The molecular weight excluding hydrogens is 599 g/mol. The van der Waals surface area contributed by atoms with Crippen molar-refractivity contribution in [3.05, 3.63) is 176 Å². The maximum Gasteiger partial charge on any atom is 0.167 e. The first-order valence-corrected chi connectivity index (χ1v) is 15.5. The number of benzene rings is 7. The third kappa shape index (κ3) is 5.45. The quantitative estimate of drug-likeness (QED) is 0.182. The van der Waals surface area contributed by atoms with Crippen LogP contribution in [0, 0.1) is 0 Å². The van der Waals surface area contributed by atoms with E-state index in [-0.39, 0.29) is 45.0 Å². The van der Waals surface area contributed by atoms with Crippen molar-refractivity contribution in [2.45, 2.75) is 0 Å². The molecule has 2 heterocycles. The maximum atomic E-state index is 9.32. The first kappa shape index (κ1) is 19.2. The minimum Gasteiger partial charge on any atom is -0.455 e. The number of hydrogen-bond acceptors (Lipinski definition) is 4. The van der Waals surface area contributed by atoms with E-state index in [1.165, 1.54) is 0 Å². The smallest absolute Gasteiger partial charge is 0.167 e. The maximum absolute atomic E-state index is 9.32. The first-order chi connectivity index (χ1) is 28.8. The Morgan fingerprint density at radius 1 is 0.388 bits per heavy atom. The van der Waals surface area contributed by atoms with Crippen molar-refractivity contribution in [2.24, 2.45) is 0 Å². The van der Waals surface area contributed by atoms with E-state index in [4.69, 9.17) is 33.1 Å². The Hall–Kier alpha value is -6.65.